The first kappa shape index (κ1) is 20.3. The van der Waals surface area contributed by atoms with Crippen LogP contribution in [0, 0.1) is 5.82 Å². The third kappa shape index (κ3) is 3.63. The summed E-state index contributed by atoms with van der Waals surface area (Å²) in [6.45, 7) is 1.22. The lowest BCUT2D eigenvalue weighted by atomic mass is 10.2. The van der Waals surface area contributed by atoms with Crippen LogP contribution in [0.25, 0.3) is 28.0 Å². The van der Waals surface area contributed by atoms with Gasteiger partial charge in [0.15, 0.2) is 5.82 Å². The SMILES string of the molecule is Cl.NCCCn1cc(-n2c(-c3cccc(Br)c3)n[nH]c2=O)c2cc(F)ccc21. The summed E-state index contributed by atoms with van der Waals surface area (Å²) in [5.41, 5.74) is 7.44. The van der Waals surface area contributed by atoms with Gasteiger partial charge in [-0.2, -0.15) is 5.10 Å². The number of hydrogen-bond donors (Lipinski definition) is 2. The second kappa shape index (κ2) is 8.30. The van der Waals surface area contributed by atoms with E-state index in [-0.39, 0.29) is 23.9 Å². The summed E-state index contributed by atoms with van der Waals surface area (Å²) in [5, 5.41) is 7.34. The maximum Gasteiger partial charge on any atom is 0.348 e. The Hall–Kier alpha value is -2.42. The molecule has 28 heavy (non-hydrogen) atoms. The van der Waals surface area contributed by atoms with Crippen molar-refractivity contribution in [3.63, 3.8) is 0 Å². The summed E-state index contributed by atoms with van der Waals surface area (Å²) in [6, 6.07) is 12.1. The molecule has 9 heteroatoms. The van der Waals surface area contributed by atoms with Gasteiger partial charge in [-0.1, -0.05) is 28.1 Å². The minimum absolute atomic E-state index is 0. The molecule has 146 valence electrons. The lowest BCUT2D eigenvalue weighted by molar-refractivity contribution is 0.629. The van der Waals surface area contributed by atoms with Gasteiger partial charge in [0, 0.05) is 28.2 Å². The number of aryl methyl sites for hydroxylation is 1. The molecule has 0 spiro atoms. The van der Waals surface area contributed by atoms with Gasteiger partial charge in [-0.3, -0.25) is 0 Å². The first-order valence-corrected chi connectivity index (χ1v) is 9.30. The molecule has 0 saturated carbocycles. The molecular formula is C19H18BrClFN5O. The number of hydrogen-bond acceptors (Lipinski definition) is 3. The first-order valence-electron chi connectivity index (χ1n) is 8.50. The van der Waals surface area contributed by atoms with Crippen molar-refractivity contribution in [1.82, 2.24) is 19.3 Å². The molecule has 6 nitrogen and oxygen atoms in total. The van der Waals surface area contributed by atoms with Gasteiger partial charge in [-0.05, 0) is 43.3 Å². The molecular weight excluding hydrogens is 449 g/mol. The van der Waals surface area contributed by atoms with Crippen molar-refractivity contribution in [3.8, 4) is 17.1 Å². The van der Waals surface area contributed by atoms with Crippen LogP contribution in [0.15, 0.2) is 57.9 Å². The fourth-order valence-corrected chi connectivity index (χ4v) is 3.62. The molecule has 0 atom stereocenters. The maximum atomic E-state index is 14.0. The highest BCUT2D eigenvalue weighted by atomic mass is 79.9. The number of halogens is 3. The minimum atomic E-state index is -0.382. The molecule has 4 rings (SSSR count). The summed E-state index contributed by atoms with van der Waals surface area (Å²) in [5.74, 6) is 0.101. The Balaban J connectivity index is 0.00000225. The molecule has 2 aromatic carbocycles. The van der Waals surface area contributed by atoms with Crippen LogP contribution in [0.1, 0.15) is 6.42 Å². The van der Waals surface area contributed by atoms with E-state index < -0.39 is 0 Å². The Morgan fingerprint density at radius 3 is 2.79 bits per heavy atom. The molecule has 0 amide bonds. The normalized spacial score (nSPS) is 11.0. The number of fused-ring (bicyclic) bond motifs is 1. The predicted octanol–water partition coefficient (Wildman–Crippen LogP) is 3.85. The number of nitrogens with one attached hydrogen (secondary N) is 1. The summed E-state index contributed by atoms with van der Waals surface area (Å²) in [7, 11) is 0. The second-order valence-electron chi connectivity index (χ2n) is 6.21. The number of nitrogens with zero attached hydrogens (tertiary/aromatic N) is 3. The van der Waals surface area contributed by atoms with Gasteiger partial charge in [-0.25, -0.2) is 18.9 Å². The van der Waals surface area contributed by atoms with Gasteiger partial charge in [0.05, 0.1) is 11.2 Å². The van der Waals surface area contributed by atoms with Gasteiger partial charge in [0.2, 0.25) is 0 Å². The van der Waals surface area contributed by atoms with Crippen molar-refractivity contribution in [3.05, 3.63) is 69.4 Å². The zero-order valence-electron chi connectivity index (χ0n) is 14.7. The minimum Gasteiger partial charge on any atom is -0.345 e. The maximum absolute atomic E-state index is 14.0. The molecule has 0 aliphatic heterocycles. The highest BCUT2D eigenvalue weighted by molar-refractivity contribution is 9.10. The predicted molar refractivity (Wildman–Crippen MR) is 114 cm³/mol. The Morgan fingerprint density at radius 1 is 1.21 bits per heavy atom. The standard InChI is InChI=1S/C19H17BrFN5O.ClH/c20-13-4-1-3-12(9-13)18-23-24-19(27)26(18)17-11-25(8-2-7-22)16-6-5-14(21)10-15(16)17;/h1,3-6,9-11H,2,7-8,22H2,(H,24,27);1H. The smallest absolute Gasteiger partial charge is 0.345 e. The number of benzene rings is 2. The number of nitrogens with two attached hydrogens (primary N) is 1. The molecule has 0 saturated heterocycles. The third-order valence-corrected chi connectivity index (χ3v) is 4.91. The van der Waals surface area contributed by atoms with Crippen LogP contribution in [0.2, 0.25) is 0 Å². The molecule has 4 aromatic rings. The molecule has 2 aromatic heterocycles. The fourth-order valence-electron chi connectivity index (χ4n) is 3.22. The van der Waals surface area contributed by atoms with E-state index in [1.807, 2.05) is 35.0 Å². The van der Waals surface area contributed by atoms with Crippen molar-refractivity contribution in [1.29, 1.82) is 0 Å². The Bertz CT molecular complexity index is 1180. The van der Waals surface area contributed by atoms with E-state index in [0.29, 0.717) is 30.0 Å². The molecule has 2 heterocycles. The second-order valence-corrected chi connectivity index (χ2v) is 7.13. The van der Waals surface area contributed by atoms with Crippen molar-refractivity contribution in [2.24, 2.45) is 5.73 Å². The van der Waals surface area contributed by atoms with E-state index in [2.05, 4.69) is 26.1 Å². The largest absolute Gasteiger partial charge is 0.348 e. The fraction of sp³-hybridized carbons (Fsp3) is 0.158. The topological polar surface area (TPSA) is 81.6 Å². The molecule has 0 radical (unpaired) electrons. The van der Waals surface area contributed by atoms with Gasteiger partial charge in [0.25, 0.3) is 0 Å². The van der Waals surface area contributed by atoms with E-state index >= 15 is 0 Å². The average molecular weight is 467 g/mol. The van der Waals surface area contributed by atoms with Crippen molar-refractivity contribution in [2.75, 3.05) is 6.54 Å². The molecule has 0 aliphatic carbocycles. The van der Waals surface area contributed by atoms with E-state index in [9.17, 15) is 9.18 Å². The lowest BCUT2D eigenvalue weighted by Crippen LogP contribution is -2.15. The van der Waals surface area contributed by atoms with Crippen LogP contribution >= 0.6 is 28.3 Å². The molecule has 0 aliphatic rings. The van der Waals surface area contributed by atoms with Gasteiger partial charge < -0.3 is 10.3 Å². The Kier molecular flexibility index (Phi) is 6.02. The van der Waals surface area contributed by atoms with Crippen LogP contribution in [0.5, 0.6) is 0 Å². The van der Waals surface area contributed by atoms with Crippen LogP contribution in [-0.4, -0.2) is 25.9 Å². The number of aromatic amines is 1. The molecule has 0 bridgehead atoms. The van der Waals surface area contributed by atoms with Crippen molar-refractivity contribution >= 4 is 39.2 Å². The van der Waals surface area contributed by atoms with Crippen molar-refractivity contribution in [2.45, 2.75) is 13.0 Å². The summed E-state index contributed by atoms with van der Waals surface area (Å²) >= 11 is 3.44. The Labute approximate surface area is 174 Å². The quantitative estimate of drug-likeness (QED) is 0.469. The van der Waals surface area contributed by atoms with E-state index in [0.717, 1.165) is 22.0 Å². The third-order valence-electron chi connectivity index (χ3n) is 4.42. The first-order chi connectivity index (χ1) is 13.1. The monoisotopic (exact) mass is 465 g/mol. The van der Waals surface area contributed by atoms with Crippen LogP contribution in [0.4, 0.5) is 4.39 Å². The lowest BCUT2D eigenvalue weighted by Gasteiger charge is -2.05. The van der Waals surface area contributed by atoms with Gasteiger partial charge in [-0.15, -0.1) is 12.4 Å². The number of aromatic nitrogens is 4. The van der Waals surface area contributed by atoms with Crippen LogP contribution in [0.3, 0.4) is 0 Å². The zero-order valence-corrected chi connectivity index (χ0v) is 17.1. The molecule has 3 N–H and O–H groups in total. The number of rotatable bonds is 5. The number of H-pyrrole nitrogens is 1. The van der Waals surface area contributed by atoms with Gasteiger partial charge >= 0.3 is 5.69 Å². The van der Waals surface area contributed by atoms with E-state index in [1.165, 1.54) is 16.7 Å². The molecule has 0 fully saturated rings. The van der Waals surface area contributed by atoms with Gasteiger partial charge in [0.1, 0.15) is 5.82 Å². The van der Waals surface area contributed by atoms with E-state index in [1.54, 1.807) is 6.07 Å². The highest BCUT2D eigenvalue weighted by Crippen LogP contribution is 2.29. The highest BCUT2D eigenvalue weighted by Gasteiger charge is 2.18. The molecule has 0 unspecified atom stereocenters. The summed E-state index contributed by atoms with van der Waals surface area (Å²) in [4.78, 5) is 12.6. The summed E-state index contributed by atoms with van der Waals surface area (Å²) in [6.07, 6.45) is 2.62. The summed E-state index contributed by atoms with van der Waals surface area (Å²) < 4.78 is 18.3. The zero-order chi connectivity index (χ0) is 19.0. The van der Waals surface area contributed by atoms with Crippen LogP contribution < -0.4 is 11.4 Å². The Morgan fingerprint density at radius 2 is 2.04 bits per heavy atom. The average Bonchev–Trinajstić information content (AvgIpc) is 3.20. The van der Waals surface area contributed by atoms with E-state index in [4.69, 9.17) is 5.73 Å². The van der Waals surface area contributed by atoms with Crippen LogP contribution in [-0.2, 0) is 6.54 Å². The van der Waals surface area contributed by atoms with Crippen molar-refractivity contribution < 1.29 is 4.39 Å².